The highest BCUT2D eigenvalue weighted by Gasteiger charge is 2.16. The second-order valence-corrected chi connectivity index (χ2v) is 6.60. The maximum atomic E-state index is 8.39. The monoisotopic (exact) mass is 255 g/mol. The molecule has 0 aromatic rings. The lowest BCUT2D eigenvalue weighted by Gasteiger charge is -1.98. The Labute approximate surface area is 99.8 Å². The normalized spacial score (nSPS) is 20.6. The summed E-state index contributed by atoms with van der Waals surface area (Å²) in [6.45, 7) is 0. The molecule has 0 aliphatic carbocycles. The summed E-state index contributed by atoms with van der Waals surface area (Å²) in [5.41, 5.74) is 0. The van der Waals surface area contributed by atoms with Crippen molar-refractivity contribution in [3.8, 4) is 6.07 Å². The van der Waals surface area contributed by atoms with Gasteiger partial charge in [0, 0.05) is 11.0 Å². The smallest absolute Gasteiger partial charge is 0.0912 e. The first-order valence-electron chi connectivity index (χ1n) is 3.73. The Kier molecular flexibility index (Phi) is 3.76. The molecule has 5 heteroatoms. The van der Waals surface area contributed by atoms with E-state index in [9.17, 15) is 0 Å². The van der Waals surface area contributed by atoms with Crippen molar-refractivity contribution in [3.05, 3.63) is 41.8 Å². The average Bonchev–Trinajstić information content (AvgIpc) is 2.85. The molecule has 0 spiro atoms. The van der Waals surface area contributed by atoms with Crippen LogP contribution in [0.3, 0.4) is 0 Å². The van der Waals surface area contributed by atoms with Gasteiger partial charge in [0.2, 0.25) is 0 Å². The lowest BCUT2D eigenvalue weighted by Crippen LogP contribution is -1.66. The van der Waals surface area contributed by atoms with Gasteiger partial charge in [-0.1, -0.05) is 47.0 Å². The molecule has 2 aliphatic heterocycles. The minimum absolute atomic E-state index is 1.15. The van der Waals surface area contributed by atoms with E-state index in [2.05, 4.69) is 16.2 Å². The van der Waals surface area contributed by atoms with Crippen molar-refractivity contribution in [2.75, 3.05) is 0 Å². The van der Waals surface area contributed by atoms with Crippen molar-refractivity contribution < 1.29 is 0 Å². The third kappa shape index (κ3) is 2.45. The highest BCUT2D eigenvalue weighted by atomic mass is 32.2. The summed E-state index contributed by atoms with van der Waals surface area (Å²) in [6, 6.07) is 2.00. The highest BCUT2D eigenvalue weighted by Crippen LogP contribution is 2.53. The van der Waals surface area contributed by atoms with E-state index in [-0.39, 0.29) is 0 Å². The second-order valence-electron chi connectivity index (χ2n) is 2.29. The lowest BCUT2D eigenvalue weighted by atomic mass is 10.5. The molecule has 0 fully saturated rings. The Morgan fingerprint density at radius 1 is 1.14 bits per heavy atom. The van der Waals surface area contributed by atoms with Crippen LogP contribution in [0.2, 0.25) is 0 Å². The molecule has 0 amide bonds. The first-order valence-corrected chi connectivity index (χ1v) is 7.19. The quantitative estimate of drug-likeness (QED) is 0.644. The molecule has 2 rings (SSSR count). The van der Waals surface area contributed by atoms with Crippen molar-refractivity contribution >= 4 is 47.0 Å². The maximum Gasteiger partial charge on any atom is 0.0912 e. The number of allylic oxidation sites excluding steroid dienone is 2. The van der Waals surface area contributed by atoms with Gasteiger partial charge >= 0.3 is 0 Å². The third-order valence-electron chi connectivity index (χ3n) is 1.39. The fourth-order valence-electron chi connectivity index (χ4n) is 0.852. The molecule has 0 aromatic carbocycles. The van der Waals surface area contributed by atoms with Crippen molar-refractivity contribution in [2.24, 2.45) is 0 Å². The molecule has 0 saturated carbocycles. The molecule has 2 aliphatic rings. The van der Waals surface area contributed by atoms with Crippen molar-refractivity contribution in [1.29, 1.82) is 5.26 Å². The molecule has 0 radical (unpaired) electrons. The predicted octanol–water partition coefficient (Wildman–Crippen LogP) is 4.47. The summed E-state index contributed by atoms with van der Waals surface area (Å²) in [7, 11) is 0. The number of nitrogens with zero attached hydrogens (tertiary/aromatic N) is 1. The van der Waals surface area contributed by atoms with Crippen molar-refractivity contribution in [3.63, 3.8) is 0 Å². The number of nitriles is 1. The van der Waals surface area contributed by atoms with Gasteiger partial charge < -0.3 is 0 Å². The minimum Gasteiger partial charge on any atom is -0.193 e. The van der Waals surface area contributed by atoms with Gasteiger partial charge in [0.15, 0.2) is 0 Å². The first-order chi connectivity index (χ1) is 6.90. The third-order valence-corrected chi connectivity index (χ3v) is 6.39. The van der Waals surface area contributed by atoms with Crippen LogP contribution in [0.25, 0.3) is 0 Å². The average molecular weight is 255 g/mol. The van der Waals surface area contributed by atoms with Crippen LogP contribution in [0.5, 0.6) is 0 Å². The Balaban J connectivity index is 2.02. The van der Waals surface area contributed by atoms with Gasteiger partial charge in [-0.3, -0.25) is 0 Å². The highest BCUT2D eigenvalue weighted by molar-refractivity contribution is 8.33. The number of thioether (sulfide) groups is 4. The van der Waals surface area contributed by atoms with Gasteiger partial charge in [-0.05, 0) is 22.3 Å². The van der Waals surface area contributed by atoms with Crippen LogP contribution in [-0.4, -0.2) is 0 Å². The molecule has 1 nitrogen and oxygen atoms in total. The number of rotatable bonds is 1. The van der Waals surface area contributed by atoms with Crippen molar-refractivity contribution in [1.82, 2.24) is 0 Å². The van der Waals surface area contributed by atoms with Gasteiger partial charge in [0.05, 0.1) is 14.5 Å². The Hall–Kier alpha value is -0.150. The maximum absolute atomic E-state index is 8.39. The van der Waals surface area contributed by atoms with Gasteiger partial charge in [0.1, 0.15) is 0 Å². The fourth-order valence-corrected chi connectivity index (χ4v) is 5.20. The lowest BCUT2D eigenvalue weighted by molar-refractivity contribution is 1.53. The molecular weight excluding hydrogens is 250 g/mol. The standard InChI is InChI=1S/C9H5NS4/c10-3-1-2-7-6-13-9(14-7)8-11-4-5-12-8/h1-2,4-6H. The van der Waals surface area contributed by atoms with E-state index in [0.717, 1.165) is 4.91 Å². The van der Waals surface area contributed by atoms with E-state index >= 15 is 0 Å². The Morgan fingerprint density at radius 3 is 2.64 bits per heavy atom. The summed E-state index contributed by atoms with van der Waals surface area (Å²) < 4.78 is 2.67. The molecule has 70 valence electrons. The minimum atomic E-state index is 1.15. The Morgan fingerprint density at radius 2 is 1.93 bits per heavy atom. The van der Waals surface area contributed by atoms with Crippen LogP contribution < -0.4 is 0 Å². The zero-order chi connectivity index (χ0) is 9.80. The summed E-state index contributed by atoms with van der Waals surface area (Å²) in [6.07, 6.45) is 3.36. The van der Waals surface area contributed by atoms with Gasteiger partial charge in [-0.25, -0.2) is 0 Å². The molecule has 0 atom stereocenters. The van der Waals surface area contributed by atoms with Crippen LogP contribution in [0.4, 0.5) is 0 Å². The predicted molar refractivity (Wildman–Crippen MR) is 69.4 cm³/mol. The first kappa shape index (κ1) is 10.4. The van der Waals surface area contributed by atoms with Gasteiger partial charge in [-0.2, -0.15) is 5.26 Å². The summed E-state index contributed by atoms with van der Waals surface area (Å²) in [4.78, 5) is 1.15. The van der Waals surface area contributed by atoms with Crippen LogP contribution in [0, 0.1) is 11.3 Å². The van der Waals surface area contributed by atoms with E-state index in [4.69, 9.17) is 5.26 Å². The van der Waals surface area contributed by atoms with E-state index in [1.807, 2.05) is 12.1 Å². The molecule has 0 saturated heterocycles. The molecule has 0 bridgehead atoms. The van der Waals surface area contributed by atoms with Gasteiger partial charge in [-0.15, -0.1) is 0 Å². The summed E-state index contributed by atoms with van der Waals surface area (Å²) in [5.74, 6) is 0. The largest absolute Gasteiger partial charge is 0.193 e. The molecule has 0 N–H and O–H groups in total. The molecule has 0 aromatic heterocycles. The van der Waals surface area contributed by atoms with E-state index in [1.165, 1.54) is 14.6 Å². The molecular formula is C9H5NS4. The SMILES string of the molecule is N#CC=CC1=CSC(=C2SC=CS2)S1. The molecule has 0 unspecified atom stereocenters. The van der Waals surface area contributed by atoms with Gasteiger partial charge in [0.25, 0.3) is 0 Å². The molecule has 2 heterocycles. The van der Waals surface area contributed by atoms with E-state index < -0.39 is 0 Å². The summed E-state index contributed by atoms with van der Waals surface area (Å²) >= 11 is 7.00. The number of hydrogen-bond donors (Lipinski definition) is 0. The molecule has 14 heavy (non-hydrogen) atoms. The zero-order valence-electron chi connectivity index (χ0n) is 6.97. The van der Waals surface area contributed by atoms with Crippen LogP contribution in [0.15, 0.2) is 41.8 Å². The second kappa shape index (κ2) is 5.08. The summed E-state index contributed by atoms with van der Waals surface area (Å²) in [5, 5.41) is 14.7. The zero-order valence-corrected chi connectivity index (χ0v) is 10.2. The van der Waals surface area contributed by atoms with Crippen LogP contribution >= 0.6 is 47.0 Å². The van der Waals surface area contributed by atoms with Crippen LogP contribution in [0.1, 0.15) is 0 Å². The van der Waals surface area contributed by atoms with Crippen molar-refractivity contribution in [2.45, 2.75) is 0 Å². The van der Waals surface area contributed by atoms with E-state index in [0.29, 0.717) is 0 Å². The fraction of sp³-hybridized carbons (Fsp3) is 0. The number of hydrogen-bond acceptors (Lipinski definition) is 5. The Bertz CT molecular complexity index is 388. The van der Waals surface area contributed by atoms with Crippen LogP contribution in [-0.2, 0) is 0 Å². The topological polar surface area (TPSA) is 23.8 Å². The van der Waals surface area contributed by atoms with E-state index in [1.54, 1.807) is 47.0 Å².